The van der Waals surface area contributed by atoms with Crippen LogP contribution < -0.4 is 0 Å². The third kappa shape index (κ3) is 6.04. The Morgan fingerprint density at radius 3 is 2.32 bits per heavy atom. The minimum atomic E-state index is -0.918. The van der Waals surface area contributed by atoms with Crippen LogP contribution in [0, 0.1) is 13.8 Å². The summed E-state index contributed by atoms with van der Waals surface area (Å²) in [7, 11) is 0. The average Bonchev–Trinajstić information content (AvgIpc) is 3.36. The van der Waals surface area contributed by atoms with E-state index in [1.807, 2.05) is 67.6 Å². The van der Waals surface area contributed by atoms with E-state index in [0.717, 1.165) is 53.8 Å². The highest BCUT2D eigenvalue weighted by Crippen LogP contribution is 2.32. The molecule has 6 heteroatoms. The van der Waals surface area contributed by atoms with Crippen LogP contribution in [0.3, 0.4) is 0 Å². The average molecular weight is 512 g/mol. The Hall–Kier alpha value is -3.74. The predicted octanol–water partition coefficient (Wildman–Crippen LogP) is 7.37. The summed E-state index contributed by atoms with van der Waals surface area (Å²) in [6, 6.07) is 23.7. The molecule has 1 saturated carbocycles. The fourth-order valence-corrected chi connectivity index (χ4v) is 5.05. The first-order valence-electron chi connectivity index (χ1n) is 13.1. The number of ether oxygens (including phenoxy) is 2. The smallest absolute Gasteiger partial charge is 0.336 e. The Kier molecular flexibility index (Phi) is 8.01. The third-order valence-electron chi connectivity index (χ3n) is 7.11. The van der Waals surface area contributed by atoms with Gasteiger partial charge in [-0.25, -0.2) is 9.78 Å². The lowest BCUT2D eigenvalue weighted by molar-refractivity contribution is -0.0562. The monoisotopic (exact) mass is 511 g/mol. The van der Waals surface area contributed by atoms with Crippen molar-refractivity contribution in [3.63, 3.8) is 0 Å². The zero-order chi connectivity index (χ0) is 26.5. The van der Waals surface area contributed by atoms with Gasteiger partial charge >= 0.3 is 5.97 Å². The summed E-state index contributed by atoms with van der Waals surface area (Å²) in [5.41, 5.74) is 5.65. The summed E-state index contributed by atoms with van der Waals surface area (Å²) >= 11 is 0. The zero-order valence-corrected chi connectivity index (χ0v) is 21.9. The predicted molar refractivity (Wildman–Crippen MR) is 146 cm³/mol. The number of aromatic nitrogens is 1. The van der Waals surface area contributed by atoms with Gasteiger partial charge in [-0.2, -0.15) is 0 Å². The van der Waals surface area contributed by atoms with E-state index in [2.05, 4.69) is 19.1 Å². The van der Waals surface area contributed by atoms with E-state index in [9.17, 15) is 9.90 Å². The Bertz CT molecular complexity index is 1380. The first kappa shape index (κ1) is 25.9. The lowest BCUT2D eigenvalue weighted by atomic mass is 9.94. The van der Waals surface area contributed by atoms with Crippen LogP contribution in [0.2, 0.25) is 0 Å². The highest BCUT2D eigenvalue weighted by atomic mass is 16.5. The SMILES string of the molecule is Cc1ccc(-c2nc(COC3CCCC(OCc4cccc(C)c4C(=O)O)C3)c(-c3ccccc3)o2)cc1. The molecule has 1 heterocycles. The van der Waals surface area contributed by atoms with Gasteiger partial charge in [-0.1, -0.05) is 66.2 Å². The number of hydrogen-bond acceptors (Lipinski definition) is 5. The molecular weight excluding hydrogens is 478 g/mol. The number of aromatic carboxylic acids is 1. The van der Waals surface area contributed by atoms with Gasteiger partial charge in [-0.05, 0) is 62.8 Å². The second kappa shape index (κ2) is 11.8. The summed E-state index contributed by atoms with van der Waals surface area (Å²) in [5.74, 6) is 0.392. The van der Waals surface area contributed by atoms with E-state index >= 15 is 0 Å². The summed E-state index contributed by atoms with van der Waals surface area (Å²) in [6.07, 6.45) is 3.70. The molecule has 196 valence electrons. The molecule has 4 aromatic rings. The van der Waals surface area contributed by atoms with Crippen LogP contribution in [0.15, 0.2) is 77.2 Å². The molecule has 0 radical (unpaired) electrons. The van der Waals surface area contributed by atoms with E-state index in [1.165, 1.54) is 5.56 Å². The van der Waals surface area contributed by atoms with Crippen molar-refractivity contribution < 1.29 is 23.8 Å². The van der Waals surface area contributed by atoms with E-state index in [4.69, 9.17) is 18.9 Å². The van der Waals surface area contributed by atoms with Gasteiger partial charge in [-0.3, -0.25) is 0 Å². The minimum Gasteiger partial charge on any atom is -0.478 e. The standard InChI is InChI=1S/C32H33NO5/c1-21-14-16-24(17-15-21)31-33-28(30(38-31)23-9-4-3-5-10-23)20-37-27-13-7-12-26(18-27)36-19-25-11-6-8-22(2)29(25)32(34)35/h3-6,8-11,14-17,26-27H,7,12-13,18-20H2,1-2H3,(H,34,35). The van der Waals surface area contributed by atoms with Gasteiger partial charge in [0.1, 0.15) is 5.69 Å². The molecule has 0 spiro atoms. The number of aryl methyl sites for hydroxylation is 2. The molecule has 1 N–H and O–H groups in total. The number of nitrogens with zero attached hydrogens (tertiary/aromatic N) is 1. The molecule has 38 heavy (non-hydrogen) atoms. The molecule has 2 atom stereocenters. The van der Waals surface area contributed by atoms with Crippen molar-refractivity contribution in [2.24, 2.45) is 0 Å². The normalized spacial score (nSPS) is 17.4. The van der Waals surface area contributed by atoms with Crippen LogP contribution in [-0.2, 0) is 22.7 Å². The maximum absolute atomic E-state index is 11.7. The molecule has 0 aliphatic heterocycles. The van der Waals surface area contributed by atoms with Crippen molar-refractivity contribution in [1.29, 1.82) is 0 Å². The van der Waals surface area contributed by atoms with Crippen molar-refractivity contribution in [1.82, 2.24) is 4.98 Å². The molecule has 0 bridgehead atoms. The van der Waals surface area contributed by atoms with Crippen molar-refractivity contribution in [2.75, 3.05) is 0 Å². The van der Waals surface area contributed by atoms with E-state index in [1.54, 1.807) is 0 Å². The highest BCUT2D eigenvalue weighted by Gasteiger charge is 2.25. The molecule has 3 aromatic carbocycles. The first-order valence-corrected chi connectivity index (χ1v) is 13.1. The van der Waals surface area contributed by atoms with Gasteiger partial charge in [0.25, 0.3) is 0 Å². The maximum atomic E-state index is 11.7. The van der Waals surface area contributed by atoms with Crippen molar-refractivity contribution in [3.8, 4) is 22.8 Å². The second-order valence-electron chi connectivity index (χ2n) is 9.97. The first-order chi connectivity index (χ1) is 18.5. The molecule has 2 unspecified atom stereocenters. The Morgan fingerprint density at radius 1 is 0.895 bits per heavy atom. The summed E-state index contributed by atoms with van der Waals surface area (Å²) in [6.45, 7) is 4.50. The van der Waals surface area contributed by atoms with E-state index < -0.39 is 5.97 Å². The van der Waals surface area contributed by atoms with Gasteiger partial charge in [0.05, 0.1) is 31.0 Å². The Labute approximate surface area is 223 Å². The summed E-state index contributed by atoms with van der Waals surface area (Å²) in [4.78, 5) is 16.5. The van der Waals surface area contributed by atoms with Gasteiger partial charge < -0.3 is 19.0 Å². The van der Waals surface area contributed by atoms with Gasteiger partial charge in [-0.15, -0.1) is 0 Å². The number of carbonyl (C=O) groups is 1. The quantitative estimate of drug-likeness (QED) is 0.253. The van der Waals surface area contributed by atoms with Crippen LogP contribution in [0.25, 0.3) is 22.8 Å². The van der Waals surface area contributed by atoms with Crippen LogP contribution in [0.1, 0.15) is 58.4 Å². The van der Waals surface area contributed by atoms with E-state index in [0.29, 0.717) is 23.6 Å². The lowest BCUT2D eigenvalue weighted by Gasteiger charge is -2.29. The Balaban J connectivity index is 1.26. The number of oxazole rings is 1. The molecular formula is C32H33NO5. The number of rotatable bonds is 9. The summed E-state index contributed by atoms with van der Waals surface area (Å²) < 4.78 is 18.8. The van der Waals surface area contributed by atoms with Crippen molar-refractivity contribution in [2.45, 2.75) is 65.0 Å². The van der Waals surface area contributed by atoms with Gasteiger partial charge in [0, 0.05) is 11.1 Å². The van der Waals surface area contributed by atoms with Crippen LogP contribution in [0.5, 0.6) is 0 Å². The summed E-state index contributed by atoms with van der Waals surface area (Å²) in [5, 5.41) is 9.61. The van der Waals surface area contributed by atoms with Crippen LogP contribution in [-0.4, -0.2) is 28.3 Å². The maximum Gasteiger partial charge on any atom is 0.336 e. The largest absolute Gasteiger partial charge is 0.478 e. The van der Waals surface area contributed by atoms with E-state index in [-0.39, 0.29) is 18.8 Å². The highest BCUT2D eigenvalue weighted by molar-refractivity contribution is 5.91. The second-order valence-corrected chi connectivity index (χ2v) is 9.97. The number of carboxylic acids is 1. The molecule has 0 amide bonds. The molecule has 5 rings (SSSR count). The number of carboxylic acid groups (broad SMARTS) is 1. The van der Waals surface area contributed by atoms with Crippen LogP contribution >= 0.6 is 0 Å². The number of benzene rings is 3. The van der Waals surface area contributed by atoms with Crippen LogP contribution in [0.4, 0.5) is 0 Å². The molecule has 1 aliphatic carbocycles. The third-order valence-corrected chi connectivity index (χ3v) is 7.11. The zero-order valence-electron chi connectivity index (χ0n) is 21.9. The van der Waals surface area contributed by atoms with Gasteiger partial charge in [0.15, 0.2) is 5.76 Å². The van der Waals surface area contributed by atoms with Gasteiger partial charge in [0.2, 0.25) is 5.89 Å². The molecule has 0 saturated heterocycles. The number of hydrogen-bond donors (Lipinski definition) is 1. The van der Waals surface area contributed by atoms with Crippen molar-refractivity contribution in [3.05, 3.63) is 101 Å². The Morgan fingerprint density at radius 2 is 1.61 bits per heavy atom. The molecule has 1 aromatic heterocycles. The minimum absolute atomic E-state index is 0.0185. The topological polar surface area (TPSA) is 81.8 Å². The fraction of sp³-hybridized carbons (Fsp3) is 0.312. The molecule has 6 nitrogen and oxygen atoms in total. The van der Waals surface area contributed by atoms with Crippen molar-refractivity contribution >= 4 is 5.97 Å². The fourth-order valence-electron chi connectivity index (χ4n) is 5.05. The molecule has 1 fully saturated rings. The molecule has 1 aliphatic rings. The lowest BCUT2D eigenvalue weighted by Crippen LogP contribution is -2.28.